The van der Waals surface area contributed by atoms with Crippen LogP contribution in [0.2, 0.25) is 0 Å². The van der Waals surface area contributed by atoms with Gasteiger partial charge in [-0.25, -0.2) is 0 Å². The molecule has 2 nitrogen and oxygen atoms in total. The van der Waals surface area contributed by atoms with Crippen molar-refractivity contribution < 1.29 is 0 Å². The van der Waals surface area contributed by atoms with Crippen molar-refractivity contribution in [1.82, 2.24) is 4.90 Å². The molecule has 0 spiro atoms. The van der Waals surface area contributed by atoms with Crippen molar-refractivity contribution in [2.75, 3.05) is 13.1 Å². The van der Waals surface area contributed by atoms with Gasteiger partial charge in [-0.2, -0.15) is 0 Å². The minimum absolute atomic E-state index is 0.0674. The highest BCUT2D eigenvalue weighted by Crippen LogP contribution is 2.31. The Labute approximate surface area is 122 Å². The molecule has 0 atom stereocenters. The highest BCUT2D eigenvalue weighted by Gasteiger charge is 2.32. The van der Waals surface area contributed by atoms with E-state index < -0.39 is 0 Å². The maximum absolute atomic E-state index is 5.84. The molecule has 0 aliphatic carbocycles. The first-order chi connectivity index (χ1) is 9.03. The van der Waals surface area contributed by atoms with Gasteiger partial charge >= 0.3 is 0 Å². The van der Waals surface area contributed by atoms with Crippen LogP contribution in [0.3, 0.4) is 0 Å². The Hall–Kier alpha value is -0.930. The van der Waals surface area contributed by atoms with Crippen LogP contribution in [0, 0.1) is 5.41 Å². The van der Waals surface area contributed by atoms with Gasteiger partial charge in [-0.15, -0.1) is 0 Å². The number of aryl methyl sites for hydroxylation is 1. The topological polar surface area (TPSA) is 29.3 Å². The molecule has 0 bridgehead atoms. The minimum Gasteiger partial charge on any atom is -0.393 e. The van der Waals surface area contributed by atoms with E-state index in [2.05, 4.69) is 43.0 Å². The van der Waals surface area contributed by atoms with Gasteiger partial charge in [-0.1, -0.05) is 50.3 Å². The molecular weight excluding hydrogens is 252 g/mol. The smallest absolute Gasteiger partial charge is 0.0788 e. The third-order valence-corrected chi connectivity index (χ3v) is 4.88. The Morgan fingerprint density at radius 1 is 1.21 bits per heavy atom. The van der Waals surface area contributed by atoms with Gasteiger partial charge in [0.1, 0.15) is 0 Å². The Morgan fingerprint density at radius 3 is 2.21 bits per heavy atom. The molecule has 0 aromatic heterocycles. The summed E-state index contributed by atoms with van der Waals surface area (Å²) >= 11 is 5.18. The summed E-state index contributed by atoms with van der Waals surface area (Å²) in [5.74, 6) is 0. The summed E-state index contributed by atoms with van der Waals surface area (Å²) in [5, 5.41) is 0. The van der Waals surface area contributed by atoms with E-state index in [0.29, 0.717) is 4.99 Å². The van der Waals surface area contributed by atoms with Crippen LogP contribution < -0.4 is 5.73 Å². The average Bonchev–Trinajstić information content (AvgIpc) is 2.42. The number of nitrogens with two attached hydrogens (primary N) is 1. The molecule has 2 rings (SSSR count). The SMILES string of the molecule is CCc1ccc(CN2CCC(C)(C(N)=S)CC2)cc1. The molecule has 1 aliphatic heterocycles. The standard InChI is InChI=1S/C16H24N2S/c1-3-13-4-6-14(7-5-13)12-18-10-8-16(2,9-11-18)15(17)19/h4-7H,3,8-12H2,1-2H3,(H2,17,19). The Balaban J connectivity index is 1.90. The van der Waals surface area contributed by atoms with E-state index in [9.17, 15) is 0 Å². The summed E-state index contributed by atoms with van der Waals surface area (Å²) in [6, 6.07) is 8.97. The number of likely N-dealkylation sites (tertiary alicyclic amines) is 1. The molecule has 0 radical (unpaired) electrons. The van der Waals surface area contributed by atoms with Crippen molar-refractivity contribution in [2.45, 2.75) is 39.7 Å². The molecule has 104 valence electrons. The first-order valence-corrected chi connectivity index (χ1v) is 7.54. The van der Waals surface area contributed by atoms with Crippen molar-refractivity contribution in [2.24, 2.45) is 11.1 Å². The quantitative estimate of drug-likeness (QED) is 0.857. The van der Waals surface area contributed by atoms with E-state index in [1.54, 1.807) is 0 Å². The van der Waals surface area contributed by atoms with Crippen molar-refractivity contribution >= 4 is 17.2 Å². The lowest BCUT2D eigenvalue weighted by atomic mass is 9.80. The fourth-order valence-electron chi connectivity index (χ4n) is 2.59. The van der Waals surface area contributed by atoms with Crippen molar-refractivity contribution in [3.63, 3.8) is 0 Å². The molecule has 1 aromatic carbocycles. The van der Waals surface area contributed by atoms with Crippen LogP contribution >= 0.6 is 12.2 Å². The predicted molar refractivity (Wildman–Crippen MR) is 85.2 cm³/mol. The number of hydrogen-bond acceptors (Lipinski definition) is 2. The largest absolute Gasteiger partial charge is 0.393 e. The van der Waals surface area contributed by atoms with Gasteiger partial charge in [-0.05, 0) is 43.5 Å². The normalized spacial score (nSPS) is 19.3. The number of rotatable bonds is 4. The predicted octanol–water partition coefficient (Wildman–Crippen LogP) is 3.14. The molecule has 0 amide bonds. The Bertz CT molecular complexity index is 431. The summed E-state index contributed by atoms with van der Waals surface area (Å²) in [6.07, 6.45) is 3.26. The highest BCUT2D eigenvalue weighted by molar-refractivity contribution is 7.80. The minimum atomic E-state index is 0.0674. The zero-order valence-electron chi connectivity index (χ0n) is 12.0. The molecule has 19 heavy (non-hydrogen) atoms. The zero-order valence-corrected chi connectivity index (χ0v) is 12.8. The Morgan fingerprint density at radius 2 is 1.74 bits per heavy atom. The highest BCUT2D eigenvalue weighted by atomic mass is 32.1. The van der Waals surface area contributed by atoms with Gasteiger partial charge in [0.25, 0.3) is 0 Å². The lowest BCUT2D eigenvalue weighted by Crippen LogP contribution is -2.44. The summed E-state index contributed by atoms with van der Waals surface area (Å²) in [6.45, 7) is 7.60. The van der Waals surface area contributed by atoms with Crippen molar-refractivity contribution in [3.8, 4) is 0 Å². The van der Waals surface area contributed by atoms with Crippen LogP contribution in [0.15, 0.2) is 24.3 Å². The lowest BCUT2D eigenvalue weighted by molar-refractivity contribution is 0.158. The fourth-order valence-corrected chi connectivity index (χ4v) is 2.79. The first kappa shape index (κ1) is 14.5. The molecular formula is C16H24N2S. The van der Waals surface area contributed by atoms with E-state index in [4.69, 9.17) is 18.0 Å². The maximum atomic E-state index is 5.84. The van der Waals surface area contributed by atoms with E-state index in [-0.39, 0.29) is 5.41 Å². The van der Waals surface area contributed by atoms with Crippen LogP contribution in [0.5, 0.6) is 0 Å². The molecule has 3 heteroatoms. The summed E-state index contributed by atoms with van der Waals surface area (Å²) < 4.78 is 0. The first-order valence-electron chi connectivity index (χ1n) is 7.13. The van der Waals surface area contributed by atoms with Crippen molar-refractivity contribution in [3.05, 3.63) is 35.4 Å². The number of benzene rings is 1. The van der Waals surface area contributed by atoms with E-state index in [1.807, 2.05) is 0 Å². The van der Waals surface area contributed by atoms with Gasteiger partial charge < -0.3 is 5.73 Å². The number of thiocarbonyl (C=S) groups is 1. The number of piperidine rings is 1. The zero-order chi connectivity index (χ0) is 13.9. The number of hydrogen-bond donors (Lipinski definition) is 1. The van der Waals surface area contributed by atoms with Crippen LogP contribution in [0.1, 0.15) is 37.8 Å². The maximum Gasteiger partial charge on any atom is 0.0788 e. The Kier molecular flexibility index (Phi) is 4.58. The van der Waals surface area contributed by atoms with Gasteiger partial charge in [0.2, 0.25) is 0 Å². The van der Waals surface area contributed by atoms with Crippen LogP contribution in [0.25, 0.3) is 0 Å². The van der Waals surface area contributed by atoms with E-state index in [1.165, 1.54) is 11.1 Å². The molecule has 0 saturated carbocycles. The van der Waals surface area contributed by atoms with Crippen molar-refractivity contribution in [1.29, 1.82) is 0 Å². The van der Waals surface area contributed by atoms with E-state index in [0.717, 1.165) is 38.9 Å². The number of nitrogens with zero attached hydrogens (tertiary/aromatic N) is 1. The molecule has 1 aliphatic rings. The monoisotopic (exact) mass is 276 g/mol. The van der Waals surface area contributed by atoms with Gasteiger partial charge in [0.15, 0.2) is 0 Å². The lowest BCUT2D eigenvalue weighted by Gasteiger charge is -2.38. The summed E-state index contributed by atoms with van der Waals surface area (Å²) in [5.41, 5.74) is 8.72. The third kappa shape index (κ3) is 3.54. The second-order valence-corrected chi connectivity index (χ2v) is 6.31. The summed E-state index contributed by atoms with van der Waals surface area (Å²) in [4.78, 5) is 3.18. The average molecular weight is 276 g/mol. The summed E-state index contributed by atoms with van der Waals surface area (Å²) in [7, 11) is 0. The molecule has 1 fully saturated rings. The van der Waals surface area contributed by atoms with E-state index >= 15 is 0 Å². The fraction of sp³-hybridized carbons (Fsp3) is 0.562. The van der Waals surface area contributed by atoms with Crippen LogP contribution in [-0.4, -0.2) is 23.0 Å². The molecule has 2 N–H and O–H groups in total. The molecule has 1 aromatic rings. The van der Waals surface area contributed by atoms with Gasteiger partial charge in [0.05, 0.1) is 4.99 Å². The second kappa shape index (κ2) is 6.02. The molecule has 0 unspecified atom stereocenters. The van der Waals surface area contributed by atoms with Crippen LogP contribution in [-0.2, 0) is 13.0 Å². The molecule has 1 saturated heterocycles. The third-order valence-electron chi connectivity index (χ3n) is 4.39. The second-order valence-electron chi connectivity index (χ2n) is 5.87. The van der Waals surface area contributed by atoms with Gasteiger partial charge in [0, 0.05) is 12.0 Å². The van der Waals surface area contributed by atoms with Crippen LogP contribution in [0.4, 0.5) is 0 Å². The van der Waals surface area contributed by atoms with Gasteiger partial charge in [-0.3, -0.25) is 4.90 Å². The molecule has 1 heterocycles.